The number of carbonyl (C=O) groups is 2. The van der Waals surface area contributed by atoms with Crippen molar-refractivity contribution < 1.29 is 23.8 Å². The van der Waals surface area contributed by atoms with Gasteiger partial charge in [-0.2, -0.15) is 0 Å². The van der Waals surface area contributed by atoms with Gasteiger partial charge in [0.05, 0.1) is 0 Å². The molecule has 0 spiro atoms. The summed E-state index contributed by atoms with van der Waals surface area (Å²) >= 11 is 3.39. The van der Waals surface area contributed by atoms with E-state index in [2.05, 4.69) is 27.8 Å². The Morgan fingerprint density at radius 1 is 1.12 bits per heavy atom. The molecule has 0 saturated carbocycles. The van der Waals surface area contributed by atoms with E-state index in [9.17, 15) is 14.0 Å². The molecule has 172 valence electrons. The summed E-state index contributed by atoms with van der Waals surface area (Å²) in [5.41, 5.74) is 1.79. The summed E-state index contributed by atoms with van der Waals surface area (Å²) < 4.78 is 19.8. The van der Waals surface area contributed by atoms with Gasteiger partial charge in [-0.05, 0) is 61.7 Å². The molecule has 0 bridgehead atoms. The number of amides is 1. The second-order valence-corrected chi connectivity index (χ2v) is 9.15. The maximum absolute atomic E-state index is 13.2. The molecule has 0 aliphatic carbocycles. The number of rotatable bonds is 8. The highest BCUT2D eigenvalue weighted by atomic mass is 79.9. The van der Waals surface area contributed by atoms with E-state index in [0.717, 1.165) is 15.6 Å². The number of piperazine rings is 1. The molecule has 2 aromatic rings. The molecule has 6 nitrogen and oxygen atoms in total. The molecule has 1 N–H and O–H groups in total. The lowest BCUT2D eigenvalue weighted by molar-refractivity contribution is -0.139. The molecular weight excluding hydrogens is 479 g/mol. The molecule has 2 unspecified atom stereocenters. The molecule has 1 aliphatic heterocycles. The number of hydrogen-bond donors (Lipinski definition) is 1. The maximum atomic E-state index is 13.2. The van der Waals surface area contributed by atoms with Crippen molar-refractivity contribution in [2.45, 2.75) is 45.3 Å². The van der Waals surface area contributed by atoms with Crippen LogP contribution in [0.25, 0.3) is 0 Å². The molecule has 2 atom stereocenters. The fourth-order valence-corrected chi connectivity index (χ4v) is 4.35. The largest absolute Gasteiger partial charge is 0.483 e. The summed E-state index contributed by atoms with van der Waals surface area (Å²) in [5.74, 6) is -0.702. The average Bonchev–Trinajstić information content (AvgIpc) is 2.75. The van der Waals surface area contributed by atoms with Crippen LogP contribution in [0.4, 0.5) is 4.39 Å². The van der Waals surface area contributed by atoms with Gasteiger partial charge < -0.3 is 14.7 Å². The second-order valence-electron chi connectivity index (χ2n) is 8.23. The lowest BCUT2D eigenvalue weighted by Crippen LogP contribution is -2.58. The van der Waals surface area contributed by atoms with E-state index in [1.807, 2.05) is 24.0 Å². The van der Waals surface area contributed by atoms with Crippen LogP contribution in [-0.4, -0.2) is 58.6 Å². The fourth-order valence-electron chi connectivity index (χ4n) is 3.94. The summed E-state index contributed by atoms with van der Waals surface area (Å²) in [5, 5.41) is 8.97. The minimum atomic E-state index is -0.881. The van der Waals surface area contributed by atoms with E-state index in [1.54, 1.807) is 18.2 Å². The molecule has 32 heavy (non-hydrogen) atoms. The van der Waals surface area contributed by atoms with Crippen molar-refractivity contribution in [1.29, 1.82) is 0 Å². The van der Waals surface area contributed by atoms with Crippen molar-refractivity contribution in [3.8, 4) is 5.75 Å². The summed E-state index contributed by atoms with van der Waals surface area (Å²) in [4.78, 5) is 28.0. The van der Waals surface area contributed by atoms with E-state index in [4.69, 9.17) is 9.84 Å². The van der Waals surface area contributed by atoms with Crippen LogP contribution in [0.5, 0.6) is 5.75 Å². The average molecular weight is 507 g/mol. The van der Waals surface area contributed by atoms with Crippen molar-refractivity contribution >= 4 is 27.8 Å². The molecule has 1 aliphatic rings. The molecule has 1 heterocycles. The van der Waals surface area contributed by atoms with Crippen LogP contribution < -0.4 is 4.74 Å². The Hall–Kier alpha value is -2.45. The zero-order valence-corrected chi connectivity index (χ0v) is 19.8. The zero-order valence-electron chi connectivity index (χ0n) is 18.3. The van der Waals surface area contributed by atoms with Gasteiger partial charge in [-0.25, -0.2) is 4.39 Å². The number of nitrogens with zero attached hydrogens (tertiary/aromatic N) is 2. The van der Waals surface area contributed by atoms with Gasteiger partial charge in [0.15, 0.2) is 6.61 Å². The number of carbonyl (C=O) groups excluding carboxylic acids is 1. The van der Waals surface area contributed by atoms with Crippen molar-refractivity contribution in [3.63, 3.8) is 0 Å². The van der Waals surface area contributed by atoms with E-state index >= 15 is 0 Å². The minimum absolute atomic E-state index is 0.00861. The molecule has 3 rings (SSSR count). The van der Waals surface area contributed by atoms with E-state index in [-0.39, 0.29) is 36.8 Å². The SMILES string of the molecule is CC1CN(C(=O)COc2ccc(Br)cc2CCC(=O)O)C(C)CN1Cc1ccc(F)cc1. The first-order valence-electron chi connectivity index (χ1n) is 10.6. The standard InChI is InChI=1S/C24H28BrFN2O4/c1-16-13-28(17(2)12-27(16)14-18-3-7-21(26)8-4-18)23(29)15-32-22-9-6-20(25)11-19(22)5-10-24(30)31/h3-4,6-9,11,16-17H,5,10,12-15H2,1-2H3,(H,30,31). The highest BCUT2D eigenvalue weighted by Crippen LogP contribution is 2.25. The van der Waals surface area contributed by atoms with Crippen molar-refractivity contribution in [2.75, 3.05) is 19.7 Å². The van der Waals surface area contributed by atoms with E-state index in [0.29, 0.717) is 31.8 Å². The Kier molecular flexibility index (Phi) is 8.26. The smallest absolute Gasteiger partial charge is 0.303 e. The highest BCUT2D eigenvalue weighted by Gasteiger charge is 2.32. The topological polar surface area (TPSA) is 70.1 Å². The Morgan fingerprint density at radius 2 is 1.84 bits per heavy atom. The van der Waals surface area contributed by atoms with Gasteiger partial charge in [0, 0.05) is 42.6 Å². The van der Waals surface area contributed by atoms with Gasteiger partial charge in [0.25, 0.3) is 5.91 Å². The van der Waals surface area contributed by atoms with Gasteiger partial charge in [0.1, 0.15) is 11.6 Å². The third-order valence-corrected chi connectivity index (χ3v) is 6.21. The first-order valence-corrected chi connectivity index (χ1v) is 11.4. The number of ether oxygens (including phenoxy) is 1. The summed E-state index contributed by atoms with van der Waals surface area (Å²) in [6.07, 6.45) is 0.319. The molecular formula is C24H28BrFN2O4. The molecule has 0 aromatic heterocycles. The molecule has 1 saturated heterocycles. The predicted octanol–water partition coefficient (Wildman–Crippen LogP) is 4.11. The first-order chi connectivity index (χ1) is 15.2. The summed E-state index contributed by atoms with van der Waals surface area (Å²) in [6, 6.07) is 12.1. The number of aryl methyl sites for hydroxylation is 1. The van der Waals surface area contributed by atoms with E-state index in [1.165, 1.54) is 12.1 Å². The lowest BCUT2D eigenvalue weighted by Gasteiger charge is -2.44. The molecule has 0 radical (unpaired) electrons. The molecule has 8 heteroatoms. The van der Waals surface area contributed by atoms with Gasteiger partial charge in [-0.1, -0.05) is 28.1 Å². The van der Waals surface area contributed by atoms with Gasteiger partial charge in [-0.3, -0.25) is 14.5 Å². The quantitative estimate of drug-likeness (QED) is 0.583. The lowest BCUT2D eigenvalue weighted by atomic mass is 10.1. The van der Waals surface area contributed by atoms with Gasteiger partial charge in [-0.15, -0.1) is 0 Å². The number of aliphatic carboxylic acids is 1. The van der Waals surface area contributed by atoms with Crippen LogP contribution >= 0.6 is 15.9 Å². The van der Waals surface area contributed by atoms with Crippen LogP contribution in [0.1, 0.15) is 31.4 Å². The molecule has 2 aromatic carbocycles. The normalized spacial score (nSPS) is 19.1. The third kappa shape index (κ3) is 6.53. The van der Waals surface area contributed by atoms with Crippen molar-refractivity contribution in [1.82, 2.24) is 9.80 Å². The highest BCUT2D eigenvalue weighted by molar-refractivity contribution is 9.10. The van der Waals surface area contributed by atoms with Gasteiger partial charge >= 0.3 is 5.97 Å². The Labute approximate surface area is 196 Å². The monoisotopic (exact) mass is 506 g/mol. The Bertz CT molecular complexity index is 954. The maximum Gasteiger partial charge on any atom is 0.303 e. The van der Waals surface area contributed by atoms with Crippen LogP contribution in [0.15, 0.2) is 46.9 Å². The van der Waals surface area contributed by atoms with Crippen LogP contribution in [0, 0.1) is 5.82 Å². The number of carboxylic acid groups (broad SMARTS) is 1. The van der Waals surface area contributed by atoms with Crippen molar-refractivity contribution in [3.05, 3.63) is 63.9 Å². The van der Waals surface area contributed by atoms with Crippen molar-refractivity contribution in [2.24, 2.45) is 0 Å². The number of benzene rings is 2. The summed E-state index contributed by atoms with van der Waals surface area (Å²) in [6.45, 7) is 5.99. The Morgan fingerprint density at radius 3 is 2.53 bits per heavy atom. The Balaban J connectivity index is 1.58. The zero-order chi connectivity index (χ0) is 23.3. The molecule has 1 amide bonds. The van der Waals surface area contributed by atoms with E-state index < -0.39 is 5.97 Å². The first kappa shape index (κ1) is 24.2. The summed E-state index contributed by atoms with van der Waals surface area (Å²) in [7, 11) is 0. The van der Waals surface area contributed by atoms with Crippen LogP contribution in [-0.2, 0) is 22.6 Å². The fraction of sp³-hybridized carbons (Fsp3) is 0.417. The number of hydrogen-bond acceptors (Lipinski definition) is 4. The minimum Gasteiger partial charge on any atom is -0.483 e. The predicted molar refractivity (Wildman–Crippen MR) is 123 cm³/mol. The number of carboxylic acids is 1. The number of halogens is 2. The van der Waals surface area contributed by atoms with Gasteiger partial charge in [0.2, 0.25) is 0 Å². The molecule has 1 fully saturated rings. The van der Waals surface area contributed by atoms with Crippen LogP contribution in [0.3, 0.4) is 0 Å². The third-order valence-electron chi connectivity index (χ3n) is 5.72. The second kappa shape index (κ2) is 10.9. The van der Waals surface area contributed by atoms with Crippen LogP contribution in [0.2, 0.25) is 0 Å².